The molecule has 8 aromatic rings. The maximum atomic E-state index is 2.40. The van der Waals surface area contributed by atoms with Crippen LogP contribution in [0.5, 0.6) is 0 Å². The summed E-state index contributed by atoms with van der Waals surface area (Å²) < 4.78 is 2.61. The minimum atomic E-state index is 1.14. The van der Waals surface area contributed by atoms with Crippen molar-refractivity contribution in [3.8, 4) is 22.3 Å². The summed E-state index contributed by atoms with van der Waals surface area (Å²) in [4.78, 5) is 2.40. The number of hydrogen-bond donors (Lipinski definition) is 0. The molecule has 0 aliphatic heterocycles. The summed E-state index contributed by atoms with van der Waals surface area (Å²) in [6.45, 7) is 0. The molecular weight excluding hydrogens is 527 g/mol. The molecule has 7 aromatic carbocycles. The molecule has 42 heavy (non-hydrogen) atoms. The molecule has 1 nitrogen and oxygen atoms in total. The van der Waals surface area contributed by atoms with Crippen LogP contribution in [-0.4, -0.2) is 0 Å². The molecule has 1 aromatic heterocycles. The van der Waals surface area contributed by atoms with E-state index in [0.29, 0.717) is 0 Å². The Balaban J connectivity index is 1.26. The Labute approximate surface area is 249 Å². The van der Waals surface area contributed by atoms with Crippen molar-refractivity contribution < 1.29 is 0 Å². The monoisotopic (exact) mass is 553 g/mol. The van der Waals surface area contributed by atoms with Gasteiger partial charge in [-0.25, -0.2) is 0 Å². The largest absolute Gasteiger partial charge is 0.309 e. The number of thiophene rings is 1. The average Bonchev–Trinajstić information content (AvgIpc) is 3.45. The molecule has 0 radical (unpaired) electrons. The minimum absolute atomic E-state index is 1.14. The first-order valence-electron chi connectivity index (χ1n) is 14.3. The van der Waals surface area contributed by atoms with Crippen LogP contribution in [-0.2, 0) is 0 Å². The highest BCUT2D eigenvalue weighted by Crippen LogP contribution is 2.45. The van der Waals surface area contributed by atoms with Crippen LogP contribution < -0.4 is 4.90 Å². The lowest BCUT2D eigenvalue weighted by Gasteiger charge is -2.26. The fraction of sp³-hybridized carbons (Fsp3) is 0. The van der Waals surface area contributed by atoms with Crippen molar-refractivity contribution in [3.63, 3.8) is 0 Å². The molecule has 0 N–H and O–H groups in total. The van der Waals surface area contributed by atoms with Crippen LogP contribution in [0.3, 0.4) is 0 Å². The van der Waals surface area contributed by atoms with Gasteiger partial charge in [-0.3, -0.25) is 0 Å². The molecule has 0 spiro atoms. The van der Waals surface area contributed by atoms with E-state index < -0.39 is 0 Å². The van der Waals surface area contributed by atoms with Crippen molar-refractivity contribution in [2.24, 2.45) is 0 Å². The van der Waals surface area contributed by atoms with E-state index in [0.717, 1.165) is 11.4 Å². The molecular formula is C40H27NS. The first-order valence-corrected chi connectivity index (χ1v) is 15.1. The van der Waals surface area contributed by atoms with Gasteiger partial charge in [0.1, 0.15) is 0 Å². The summed E-state index contributed by atoms with van der Waals surface area (Å²) in [5.41, 5.74) is 8.34. The molecule has 2 heteroatoms. The van der Waals surface area contributed by atoms with Gasteiger partial charge >= 0.3 is 0 Å². The molecule has 0 saturated carbocycles. The number of hydrogen-bond acceptors (Lipinski definition) is 2. The number of rotatable bonds is 5. The van der Waals surface area contributed by atoms with Crippen LogP contribution in [0, 0.1) is 0 Å². The summed E-state index contributed by atoms with van der Waals surface area (Å²) >= 11 is 1.87. The van der Waals surface area contributed by atoms with Gasteiger partial charge < -0.3 is 4.90 Å². The van der Waals surface area contributed by atoms with Crippen molar-refractivity contribution in [3.05, 3.63) is 164 Å². The summed E-state index contributed by atoms with van der Waals surface area (Å²) in [6, 6.07) is 59.2. The molecule has 0 unspecified atom stereocenters. The maximum Gasteiger partial charge on any atom is 0.0640 e. The molecule has 8 rings (SSSR count). The third-order valence-corrected chi connectivity index (χ3v) is 9.27. The van der Waals surface area contributed by atoms with Gasteiger partial charge in [0.15, 0.2) is 0 Å². The molecule has 198 valence electrons. The molecule has 0 saturated heterocycles. The van der Waals surface area contributed by atoms with Gasteiger partial charge in [-0.05, 0) is 75.5 Å². The minimum Gasteiger partial charge on any atom is -0.309 e. The van der Waals surface area contributed by atoms with Gasteiger partial charge in [-0.1, -0.05) is 121 Å². The van der Waals surface area contributed by atoms with Crippen LogP contribution in [0.15, 0.2) is 164 Å². The van der Waals surface area contributed by atoms with Gasteiger partial charge in [-0.15, -0.1) is 11.3 Å². The zero-order valence-electron chi connectivity index (χ0n) is 22.9. The maximum absolute atomic E-state index is 2.40. The average molecular weight is 554 g/mol. The fourth-order valence-electron chi connectivity index (χ4n) is 5.94. The quantitative estimate of drug-likeness (QED) is 0.205. The summed E-state index contributed by atoms with van der Waals surface area (Å²) in [5.74, 6) is 0. The highest BCUT2D eigenvalue weighted by molar-refractivity contribution is 7.26. The Kier molecular flexibility index (Phi) is 6.05. The van der Waals surface area contributed by atoms with E-state index in [2.05, 4.69) is 169 Å². The predicted octanol–water partition coefficient (Wildman–Crippen LogP) is 12.0. The fourth-order valence-corrected chi connectivity index (χ4v) is 7.15. The van der Waals surface area contributed by atoms with Crippen LogP contribution in [0.1, 0.15) is 0 Å². The van der Waals surface area contributed by atoms with Crippen LogP contribution in [0.25, 0.3) is 53.2 Å². The molecule has 1 heterocycles. The van der Waals surface area contributed by atoms with E-state index in [4.69, 9.17) is 0 Å². The third-order valence-electron chi connectivity index (χ3n) is 8.07. The van der Waals surface area contributed by atoms with E-state index in [-0.39, 0.29) is 0 Å². The van der Waals surface area contributed by atoms with E-state index in [1.54, 1.807) is 0 Å². The second-order valence-electron chi connectivity index (χ2n) is 10.6. The highest BCUT2D eigenvalue weighted by atomic mass is 32.1. The topological polar surface area (TPSA) is 3.24 Å². The second-order valence-corrected chi connectivity index (χ2v) is 11.7. The van der Waals surface area contributed by atoms with Crippen LogP contribution >= 0.6 is 11.3 Å². The lowest BCUT2D eigenvalue weighted by molar-refractivity contribution is 1.30. The van der Waals surface area contributed by atoms with Gasteiger partial charge in [0.25, 0.3) is 0 Å². The number of benzene rings is 7. The van der Waals surface area contributed by atoms with Crippen molar-refractivity contribution in [2.45, 2.75) is 0 Å². The van der Waals surface area contributed by atoms with Crippen LogP contribution in [0.2, 0.25) is 0 Å². The van der Waals surface area contributed by atoms with E-state index in [1.165, 1.54) is 58.9 Å². The van der Waals surface area contributed by atoms with Crippen LogP contribution in [0.4, 0.5) is 17.1 Å². The molecule has 0 aliphatic carbocycles. The molecule has 0 bridgehead atoms. The summed E-state index contributed by atoms with van der Waals surface area (Å²) in [7, 11) is 0. The van der Waals surface area contributed by atoms with Crippen molar-refractivity contribution in [1.29, 1.82) is 0 Å². The smallest absolute Gasteiger partial charge is 0.0640 e. The van der Waals surface area contributed by atoms with E-state index in [9.17, 15) is 0 Å². The van der Waals surface area contributed by atoms with Crippen molar-refractivity contribution in [1.82, 2.24) is 0 Å². The first kappa shape index (κ1) is 24.6. The van der Waals surface area contributed by atoms with Gasteiger partial charge in [0.2, 0.25) is 0 Å². The SMILES string of the molecule is c1ccc(-c2ccc(N(c3ccc(-c4ccc5ccccc5c4)cc3)c3cccc4c3sc3ccccc34)cc2)cc1. The Bertz CT molecular complexity index is 2180. The zero-order valence-corrected chi connectivity index (χ0v) is 23.8. The third kappa shape index (κ3) is 4.34. The molecule has 0 atom stereocenters. The predicted molar refractivity (Wildman–Crippen MR) is 182 cm³/mol. The van der Waals surface area contributed by atoms with Gasteiger partial charge in [-0.2, -0.15) is 0 Å². The van der Waals surface area contributed by atoms with E-state index in [1.807, 2.05) is 11.3 Å². The Morgan fingerprint density at radius 1 is 0.381 bits per heavy atom. The Morgan fingerprint density at radius 2 is 0.952 bits per heavy atom. The summed E-state index contributed by atoms with van der Waals surface area (Å²) in [6.07, 6.45) is 0. The van der Waals surface area contributed by atoms with Crippen molar-refractivity contribution in [2.75, 3.05) is 4.90 Å². The lowest BCUT2D eigenvalue weighted by Crippen LogP contribution is -2.10. The summed E-state index contributed by atoms with van der Waals surface area (Å²) in [5, 5.41) is 5.13. The number of nitrogens with zero attached hydrogens (tertiary/aromatic N) is 1. The normalized spacial score (nSPS) is 11.3. The Hall–Kier alpha value is -5.18. The van der Waals surface area contributed by atoms with Crippen molar-refractivity contribution >= 4 is 59.3 Å². The Morgan fingerprint density at radius 3 is 1.71 bits per heavy atom. The van der Waals surface area contributed by atoms with Gasteiger partial charge in [0.05, 0.1) is 10.4 Å². The zero-order chi connectivity index (χ0) is 27.9. The molecule has 0 amide bonds. The highest BCUT2D eigenvalue weighted by Gasteiger charge is 2.18. The van der Waals surface area contributed by atoms with Gasteiger partial charge in [0, 0.05) is 26.8 Å². The molecule has 0 fully saturated rings. The first-order chi connectivity index (χ1) is 20.8. The standard InChI is InChI=1S/C40H27NS/c1-2-9-28(10-3-1)30-19-23-34(24-20-30)41(38-15-8-14-37-36-13-6-7-16-39(36)42-40(37)38)35-25-21-31(22-26-35)33-18-17-29-11-4-5-12-32(29)27-33/h1-27H. The molecule has 0 aliphatic rings. The number of anilines is 3. The van der Waals surface area contributed by atoms with E-state index >= 15 is 0 Å². The lowest BCUT2D eigenvalue weighted by atomic mass is 10.0. The number of fused-ring (bicyclic) bond motifs is 4. The second kappa shape index (κ2) is 10.3.